The molecule has 24 heavy (non-hydrogen) atoms. The molecule has 4 rings (SSSR count). The molecule has 1 unspecified atom stereocenters. The van der Waals surface area contributed by atoms with Crippen molar-refractivity contribution in [1.29, 1.82) is 0 Å². The van der Waals surface area contributed by atoms with Gasteiger partial charge in [0.2, 0.25) is 0 Å². The molecule has 0 amide bonds. The summed E-state index contributed by atoms with van der Waals surface area (Å²) in [6.45, 7) is 4.16. The largest absolute Gasteiger partial charge is 0.472 e. The van der Waals surface area contributed by atoms with Gasteiger partial charge >= 0.3 is 0 Å². The van der Waals surface area contributed by atoms with Gasteiger partial charge in [0.15, 0.2) is 0 Å². The number of furan rings is 1. The Morgan fingerprint density at radius 2 is 2.08 bits per heavy atom. The maximum Gasteiger partial charge on any atom is 0.0947 e. The summed E-state index contributed by atoms with van der Waals surface area (Å²) in [4.78, 5) is 6.48. The lowest BCUT2D eigenvalue weighted by Crippen LogP contribution is -2.38. The maximum atomic E-state index is 5.98. The molecule has 5 nitrogen and oxygen atoms in total. The zero-order valence-corrected chi connectivity index (χ0v) is 13.5. The Kier molecular flexibility index (Phi) is 4.44. The maximum absolute atomic E-state index is 5.98. The highest BCUT2D eigenvalue weighted by atomic mass is 16.5. The first-order chi connectivity index (χ1) is 11.9. The molecule has 0 aromatic carbocycles. The normalized spacial score (nSPS) is 17.8. The average Bonchev–Trinajstić information content (AvgIpc) is 3.27. The molecule has 5 heteroatoms. The van der Waals surface area contributed by atoms with Gasteiger partial charge in [0.05, 0.1) is 31.8 Å². The summed E-state index contributed by atoms with van der Waals surface area (Å²) in [5.74, 6) is 0. The van der Waals surface area contributed by atoms with Crippen LogP contribution in [0.2, 0.25) is 0 Å². The second-order valence-corrected chi connectivity index (χ2v) is 6.23. The summed E-state index contributed by atoms with van der Waals surface area (Å²) in [5, 5.41) is 0. The highest BCUT2D eigenvalue weighted by Crippen LogP contribution is 2.24. The molecule has 0 bridgehead atoms. The molecule has 0 N–H and O–H groups in total. The molecule has 0 saturated carbocycles. The van der Waals surface area contributed by atoms with Crippen LogP contribution >= 0.6 is 0 Å². The van der Waals surface area contributed by atoms with E-state index in [1.54, 1.807) is 18.7 Å². The van der Waals surface area contributed by atoms with E-state index in [0.717, 1.165) is 25.2 Å². The highest BCUT2D eigenvalue weighted by Gasteiger charge is 2.24. The van der Waals surface area contributed by atoms with E-state index in [1.165, 1.54) is 11.3 Å². The van der Waals surface area contributed by atoms with Crippen LogP contribution in [0.3, 0.4) is 0 Å². The molecule has 1 aliphatic heterocycles. The minimum atomic E-state index is 0.331. The van der Waals surface area contributed by atoms with Gasteiger partial charge in [-0.05, 0) is 35.9 Å². The van der Waals surface area contributed by atoms with Crippen molar-refractivity contribution in [2.75, 3.05) is 13.2 Å². The lowest BCUT2D eigenvalue weighted by molar-refractivity contribution is 0.0588. The summed E-state index contributed by atoms with van der Waals surface area (Å²) in [5.41, 5.74) is 3.71. The fraction of sp³-hybridized carbons (Fsp3) is 0.316. The van der Waals surface area contributed by atoms with E-state index in [0.29, 0.717) is 19.3 Å². The van der Waals surface area contributed by atoms with E-state index < -0.39 is 0 Å². The van der Waals surface area contributed by atoms with Gasteiger partial charge in [-0.2, -0.15) is 0 Å². The zero-order valence-electron chi connectivity index (χ0n) is 13.5. The fourth-order valence-electron chi connectivity index (χ4n) is 3.28. The Labute approximate surface area is 141 Å². The lowest BCUT2D eigenvalue weighted by atomic mass is 10.1. The summed E-state index contributed by atoms with van der Waals surface area (Å²) in [7, 11) is 0. The Bertz CT molecular complexity index is 752. The van der Waals surface area contributed by atoms with Gasteiger partial charge < -0.3 is 13.7 Å². The Balaban J connectivity index is 1.40. The molecule has 0 spiro atoms. The van der Waals surface area contributed by atoms with Gasteiger partial charge in [0.1, 0.15) is 0 Å². The van der Waals surface area contributed by atoms with Crippen molar-refractivity contribution in [2.24, 2.45) is 0 Å². The van der Waals surface area contributed by atoms with Crippen molar-refractivity contribution in [3.8, 4) is 0 Å². The van der Waals surface area contributed by atoms with Crippen molar-refractivity contribution in [2.45, 2.75) is 25.7 Å². The molecule has 124 valence electrons. The standard InChI is InChI=1S/C19H21N3O2/c1-2-18-11-21(10-17-5-9-23-14-17)12-19(22(18)8-1)15-24-13-16-3-6-20-7-4-16/h1-9,14,19H,10-13,15H2. The number of hydrogen-bond donors (Lipinski definition) is 0. The number of hydrogen-bond acceptors (Lipinski definition) is 4. The average molecular weight is 323 g/mol. The second-order valence-electron chi connectivity index (χ2n) is 6.23. The SMILES string of the molecule is c1cc2n(c1)C(COCc1ccncc1)CN(Cc1ccoc1)C2. The van der Waals surface area contributed by atoms with Crippen molar-refractivity contribution in [3.63, 3.8) is 0 Å². The minimum Gasteiger partial charge on any atom is -0.472 e. The van der Waals surface area contributed by atoms with Crippen LogP contribution in [0.4, 0.5) is 0 Å². The molecule has 0 radical (unpaired) electrons. The van der Waals surface area contributed by atoms with Crippen LogP contribution in [0, 0.1) is 0 Å². The predicted molar refractivity (Wildman–Crippen MR) is 90.2 cm³/mol. The van der Waals surface area contributed by atoms with Gasteiger partial charge in [-0.25, -0.2) is 0 Å². The van der Waals surface area contributed by atoms with Gasteiger partial charge in [-0.15, -0.1) is 0 Å². The van der Waals surface area contributed by atoms with Crippen LogP contribution in [0.15, 0.2) is 65.9 Å². The van der Waals surface area contributed by atoms with Crippen molar-refractivity contribution < 1.29 is 9.15 Å². The van der Waals surface area contributed by atoms with Gasteiger partial charge in [0, 0.05) is 49.5 Å². The molecule has 1 aliphatic rings. The first-order valence-electron chi connectivity index (χ1n) is 8.24. The zero-order chi connectivity index (χ0) is 16.2. The molecule has 3 aromatic heterocycles. The predicted octanol–water partition coefficient (Wildman–Crippen LogP) is 3.25. The van der Waals surface area contributed by atoms with E-state index in [9.17, 15) is 0 Å². The number of fused-ring (bicyclic) bond motifs is 1. The molecular weight excluding hydrogens is 302 g/mol. The molecule has 1 atom stereocenters. The Morgan fingerprint density at radius 3 is 2.92 bits per heavy atom. The monoisotopic (exact) mass is 323 g/mol. The lowest BCUT2D eigenvalue weighted by Gasteiger charge is -2.34. The van der Waals surface area contributed by atoms with Crippen LogP contribution in [0.25, 0.3) is 0 Å². The van der Waals surface area contributed by atoms with E-state index in [1.807, 2.05) is 24.5 Å². The number of ether oxygens (including phenoxy) is 1. The molecule has 4 heterocycles. The second kappa shape index (κ2) is 7.03. The van der Waals surface area contributed by atoms with Gasteiger partial charge in [0.25, 0.3) is 0 Å². The number of rotatable bonds is 6. The summed E-state index contributed by atoms with van der Waals surface area (Å²) >= 11 is 0. The topological polar surface area (TPSA) is 43.4 Å². The summed E-state index contributed by atoms with van der Waals surface area (Å²) < 4.78 is 13.5. The fourth-order valence-corrected chi connectivity index (χ4v) is 3.28. The molecule has 3 aromatic rings. The third-order valence-corrected chi connectivity index (χ3v) is 4.43. The highest BCUT2D eigenvalue weighted by molar-refractivity contribution is 5.13. The Hall–Kier alpha value is -2.37. The van der Waals surface area contributed by atoms with Crippen LogP contribution in [0.1, 0.15) is 22.9 Å². The van der Waals surface area contributed by atoms with Crippen molar-refractivity contribution in [1.82, 2.24) is 14.5 Å². The quantitative estimate of drug-likeness (QED) is 0.698. The smallest absolute Gasteiger partial charge is 0.0947 e. The third-order valence-electron chi connectivity index (χ3n) is 4.43. The van der Waals surface area contributed by atoms with E-state index in [2.05, 4.69) is 32.8 Å². The minimum absolute atomic E-state index is 0.331. The number of pyridine rings is 1. The first-order valence-corrected chi connectivity index (χ1v) is 8.24. The molecule has 0 saturated heterocycles. The molecule has 0 fully saturated rings. The number of aromatic nitrogens is 2. The van der Waals surface area contributed by atoms with Crippen molar-refractivity contribution in [3.05, 3.63) is 78.3 Å². The van der Waals surface area contributed by atoms with Crippen LogP contribution in [-0.4, -0.2) is 27.6 Å². The first kappa shape index (κ1) is 15.2. The van der Waals surface area contributed by atoms with Crippen LogP contribution in [0.5, 0.6) is 0 Å². The van der Waals surface area contributed by atoms with E-state index in [4.69, 9.17) is 9.15 Å². The third kappa shape index (κ3) is 3.42. The summed E-state index contributed by atoms with van der Waals surface area (Å²) in [6, 6.07) is 10.7. The van der Waals surface area contributed by atoms with Gasteiger partial charge in [-0.3, -0.25) is 9.88 Å². The van der Waals surface area contributed by atoms with E-state index in [-0.39, 0.29) is 0 Å². The van der Waals surface area contributed by atoms with Crippen LogP contribution < -0.4 is 0 Å². The molecular formula is C19H21N3O2. The molecule has 0 aliphatic carbocycles. The van der Waals surface area contributed by atoms with Crippen LogP contribution in [-0.2, 0) is 24.4 Å². The number of nitrogens with zero attached hydrogens (tertiary/aromatic N) is 3. The van der Waals surface area contributed by atoms with Gasteiger partial charge in [-0.1, -0.05) is 0 Å². The van der Waals surface area contributed by atoms with Crippen molar-refractivity contribution >= 4 is 0 Å². The summed E-state index contributed by atoms with van der Waals surface area (Å²) in [6.07, 6.45) is 9.32. The van der Waals surface area contributed by atoms with E-state index >= 15 is 0 Å². The Morgan fingerprint density at radius 1 is 1.17 bits per heavy atom.